The van der Waals surface area contributed by atoms with Crippen LogP contribution in [0.25, 0.3) is 0 Å². The molecule has 0 aliphatic heterocycles. The number of aryl methyl sites for hydroxylation is 1. The first-order chi connectivity index (χ1) is 4.75. The number of terminal acetylenes is 1. The van der Waals surface area contributed by atoms with E-state index < -0.39 is 0 Å². The molecule has 1 aromatic heterocycles. The maximum atomic E-state index is 5.64. The number of nitrogens with zero attached hydrogens (tertiary/aromatic N) is 2. The molecule has 0 spiro atoms. The zero-order valence-electron chi connectivity index (χ0n) is 5.43. The molecule has 1 rings (SSSR count). The zero-order valence-corrected chi connectivity index (χ0v) is 6.18. The van der Waals surface area contributed by atoms with Crippen LogP contribution in [0.4, 0.5) is 0 Å². The topological polar surface area (TPSA) is 25.8 Å². The van der Waals surface area contributed by atoms with Gasteiger partial charge in [-0.3, -0.25) is 0 Å². The number of hydrogen-bond acceptors (Lipinski definition) is 2. The van der Waals surface area contributed by atoms with Crippen molar-refractivity contribution < 1.29 is 0 Å². The van der Waals surface area contributed by atoms with Crippen molar-refractivity contribution in [3.8, 4) is 12.3 Å². The van der Waals surface area contributed by atoms with Crippen molar-refractivity contribution in [2.45, 2.75) is 6.92 Å². The second kappa shape index (κ2) is 2.68. The van der Waals surface area contributed by atoms with E-state index >= 15 is 0 Å². The molecule has 0 radical (unpaired) electrons. The molecule has 0 saturated carbocycles. The van der Waals surface area contributed by atoms with Crippen molar-refractivity contribution in [2.75, 3.05) is 0 Å². The highest BCUT2D eigenvalue weighted by Crippen LogP contribution is 2.11. The van der Waals surface area contributed by atoms with Gasteiger partial charge in [-0.25, -0.2) is 9.97 Å². The van der Waals surface area contributed by atoms with Crippen LogP contribution in [0.2, 0.25) is 5.15 Å². The van der Waals surface area contributed by atoms with Gasteiger partial charge in [0.2, 0.25) is 0 Å². The lowest BCUT2D eigenvalue weighted by Gasteiger charge is -1.95. The first kappa shape index (κ1) is 7.04. The molecule has 50 valence electrons. The molecule has 0 aromatic carbocycles. The fourth-order valence-electron chi connectivity index (χ4n) is 0.609. The van der Waals surface area contributed by atoms with Crippen molar-refractivity contribution in [3.63, 3.8) is 0 Å². The highest BCUT2D eigenvalue weighted by molar-refractivity contribution is 6.30. The maximum Gasteiger partial charge on any atom is 0.148 e. The molecule has 0 bridgehead atoms. The molecular formula is C7H5ClN2. The Morgan fingerprint density at radius 2 is 2.30 bits per heavy atom. The van der Waals surface area contributed by atoms with E-state index in [4.69, 9.17) is 18.0 Å². The molecule has 0 atom stereocenters. The van der Waals surface area contributed by atoms with E-state index in [1.54, 1.807) is 6.92 Å². The largest absolute Gasteiger partial charge is 0.240 e. The normalized spacial score (nSPS) is 8.90. The highest BCUT2D eigenvalue weighted by Gasteiger charge is 2.00. The van der Waals surface area contributed by atoms with E-state index in [-0.39, 0.29) is 0 Å². The molecule has 0 saturated heterocycles. The van der Waals surface area contributed by atoms with Crippen molar-refractivity contribution in [3.05, 3.63) is 22.7 Å². The molecule has 1 heterocycles. The zero-order chi connectivity index (χ0) is 7.56. The molecule has 0 unspecified atom stereocenters. The van der Waals surface area contributed by atoms with E-state index in [2.05, 4.69) is 15.9 Å². The summed E-state index contributed by atoms with van der Waals surface area (Å²) in [5.74, 6) is 2.41. The summed E-state index contributed by atoms with van der Waals surface area (Å²) >= 11 is 5.64. The lowest BCUT2D eigenvalue weighted by atomic mass is 10.2. The van der Waals surface area contributed by atoms with Crippen LogP contribution in [-0.2, 0) is 0 Å². The van der Waals surface area contributed by atoms with Gasteiger partial charge in [-0.1, -0.05) is 17.5 Å². The monoisotopic (exact) mass is 152 g/mol. The Hall–Kier alpha value is -1.07. The molecule has 3 heteroatoms. The predicted octanol–water partition coefficient (Wildman–Crippen LogP) is 1.42. The Morgan fingerprint density at radius 3 is 2.70 bits per heavy atom. The minimum atomic E-state index is 0.343. The van der Waals surface area contributed by atoms with Gasteiger partial charge in [0.1, 0.15) is 11.5 Å². The molecule has 0 aliphatic rings. The van der Waals surface area contributed by atoms with E-state index in [0.717, 1.165) is 5.69 Å². The third-order valence-electron chi connectivity index (χ3n) is 1.13. The number of aromatic nitrogens is 2. The van der Waals surface area contributed by atoms with Gasteiger partial charge in [-0.05, 0) is 6.92 Å². The van der Waals surface area contributed by atoms with E-state index in [9.17, 15) is 0 Å². The van der Waals surface area contributed by atoms with Crippen LogP contribution < -0.4 is 0 Å². The van der Waals surface area contributed by atoms with E-state index in [1.165, 1.54) is 6.33 Å². The standard InChI is InChI=1S/C7H5ClN2/c1-3-6-5(2)9-4-10-7(6)8/h1,4H,2H3. The van der Waals surface area contributed by atoms with E-state index in [0.29, 0.717) is 10.7 Å². The molecule has 0 N–H and O–H groups in total. The highest BCUT2D eigenvalue weighted by atomic mass is 35.5. The van der Waals surface area contributed by atoms with Crippen molar-refractivity contribution in [1.82, 2.24) is 9.97 Å². The fourth-order valence-corrected chi connectivity index (χ4v) is 0.843. The summed E-state index contributed by atoms with van der Waals surface area (Å²) in [6, 6.07) is 0. The lowest BCUT2D eigenvalue weighted by molar-refractivity contribution is 1.09. The summed E-state index contributed by atoms with van der Waals surface area (Å²) in [6.45, 7) is 1.79. The Morgan fingerprint density at radius 1 is 1.60 bits per heavy atom. The second-order valence-corrected chi connectivity index (χ2v) is 2.13. The summed E-state index contributed by atoms with van der Waals surface area (Å²) in [6.07, 6.45) is 6.52. The Labute approximate surface area is 64.3 Å². The Balaban J connectivity index is 3.34. The average Bonchev–Trinajstić information content (AvgIpc) is 1.88. The summed E-state index contributed by atoms with van der Waals surface area (Å²) in [5, 5.41) is 0.343. The lowest BCUT2D eigenvalue weighted by Crippen LogP contribution is -1.90. The average molecular weight is 153 g/mol. The van der Waals surface area contributed by atoms with Crippen LogP contribution in [0.3, 0.4) is 0 Å². The SMILES string of the molecule is C#Cc1c(C)ncnc1Cl. The maximum absolute atomic E-state index is 5.64. The minimum absolute atomic E-state index is 0.343. The van der Waals surface area contributed by atoms with Gasteiger partial charge in [-0.2, -0.15) is 0 Å². The molecule has 0 aliphatic carbocycles. The predicted molar refractivity (Wildman–Crippen MR) is 39.7 cm³/mol. The van der Waals surface area contributed by atoms with Crippen LogP contribution in [0.1, 0.15) is 11.3 Å². The van der Waals surface area contributed by atoms with Crippen LogP contribution in [0.5, 0.6) is 0 Å². The van der Waals surface area contributed by atoms with Crippen molar-refractivity contribution in [2.24, 2.45) is 0 Å². The number of hydrogen-bond donors (Lipinski definition) is 0. The quantitative estimate of drug-likeness (QED) is 0.415. The van der Waals surface area contributed by atoms with Crippen LogP contribution in [0, 0.1) is 19.3 Å². The molecule has 2 nitrogen and oxygen atoms in total. The van der Waals surface area contributed by atoms with Gasteiger partial charge >= 0.3 is 0 Å². The molecule has 0 fully saturated rings. The van der Waals surface area contributed by atoms with Gasteiger partial charge < -0.3 is 0 Å². The van der Waals surface area contributed by atoms with Gasteiger partial charge in [0.05, 0.1) is 11.3 Å². The summed E-state index contributed by atoms with van der Waals surface area (Å²) in [7, 11) is 0. The van der Waals surface area contributed by atoms with Crippen LogP contribution >= 0.6 is 11.6 Å². The first-order valence-corrected chi connectivity index (χ1v) is 3.07. The van der Waals surface area contributed by atoms with E-state index in [1.807, 2.05) is 0 Å². The second-order valence-electron chi connectivity index (χ2n) is 1.77. The van der Waals surface area contributed by atoms with Crippen LogP contribution in [-0.4, -0.2) is 9.97 Å². The summed E-state index contributed by atoms with van der Waals surface area (Å²) in [4.78, 5) is 7.60. The molecular weight excluding hydrogens is 148 g/mol. The number of halogens is 1. The number of rotatable bonds is 0. The first-order valence-electron chi connectivity index (χ1n) is 2.69. The smallest absolute Gasteiger partial charge is 0.148 e. The van der Waals surface area contributed by atoms with Gasteiger partial charge in [-0.15, -0.1) is 6.42 Å². The Kier molecular flexibility index (Phi) is 1.88. The van der Waals surface area contributed by atoms with Crippen molar-refractivity contribution in [1.29, 1.82) is 0 Å². The third kappa shape index (κ3) is 1.09. The van der Waals surface area contributed by atoms with Gasteiger partial charge in [0, 0.05) is 0 Å². The fraction of sp³-hybridized carbons (Fsp3) is 0.143. The third-order valence-corrected chi connectivity index (χ3v) is 1.42. The summed E-state index contributed by atoms with van der Waals surface area (Å²) in [5.41, 5.74) is 1.31. The van der Waals surface area contributed by atoms with Gasteiger partial charge in [0.25, 0.3) is 0 Å². The molecule has 0 amide bonds. The Bertz CT molecular complexity index is 268. The van der Waals surface area contributed by atoms with Crippen molar-refractivity contribution >= 4 is 11.6 Å². The molecule has 10 heavy (non-hydrogen) atoms. The van der Waals surface area contributed by atoms with Crippen LogP contribution in [0.15, 0.2) is 6.33 Å². The minimum Gasteiger partial charge on any atom is -0.240 e. The molecule has 1 aromatic rings. The summed E-state index contributed by atoms with van der Waals surface area (Å²) < 4.78 is 0. The van der Waals surface area contributed by atoms with Gasteiger partial charge in [0.15, 0.2) is 0 Å².